The molecule has 1 nitrogen and oxygen atoms in total. The van der Waals surface area contributed by atoms with Crippen molar-refractivity contribution in [1.82, 2.24) is 0 Å². The average molecular weight is 164 g/mol. The summed E-state index contributed by atoms with van der Waals surface area (Å²) in [5, 5.41) is 0. The molecule has 0 aromatic rings. The van der Waals surface area contributed by atoms with E-state index in [1.807, 2.05) is 6.08 Å². The molecule has 1 aliphatic rings. The lowest BCUT2D eigenvalue weighted by molar-refractivity contribution is -0.109. The summed E-state index contributed by atoms with van der Waals surface area (Å²) in [5.74, 6) is 0.333. The summed E-state index contributed by atoms with van der Waals surface area (Å²) in [6.07, 6.45) is 6.83. The van der Waals surface area contributed by atoms with E-state index in [2.05, 4.69) is 26.5 Å². The van der Waals surface area contributed by atoms with Gasteiger partial charge in [0, 0.05) is 6.42 Å². The molecule has 1 rings (SSSR count). The van der Waals surface area contributed by atoms with Crippen molar-refractivity contribution in [2.75, 3.05) is 0 Å². The zero-order valence-corrected chi connectivity index (χ0v) is 7.84. The van der Waals surface area contributed by atoms with E-state index in [1.54, 1.807) is 0 Å². The van der Waals surface area contributed by atoms with Gasteiger partial charge in [0.2, 0.25) is 0 Å². The normalized spacial score (nSPS) is 27.2. The van der Waals surface area contributed by atoms with Crippen LogP contribution in [0.3, 0.4) is 0 Å². The Morgan fingerprint density at radius 1 is 1.75 bits per heavy atom. The molecule has 0 aliphatic heterocycles. The maximum absolute atomic E-state index is 10.4. The monoisotopic (exact) mass is 164 g/mol. The van der Waals surface area contributed by atoms with Crippen LogP contribution < -0.4 is 0 Å². The molecule has 0 aromatic heterocycles. The predicted octanol–water partition coefficient (Wildman–Crippen LogP) is 2.73. The highest BCUT2D eigenvalue weighted by molar-refractivity contribution is 5.52. The van der Waals surface area contributed by atoms with Crippen molar-refractivity contribution in [2.24, 2.45) is 11.3 Å². The van der Waals surface area contributed by atoms with E-state index >= 15 is 0 Å². The average Bonchev–Trinajstić information content (AvgIpc) is 1.97. The van der Waals surface area contributed by atoms with Crippen molar-refractivity contribution in [2.45, 2.75) is 26.7 Å². The molecule has 12 heavy (non-hydrogen) atoms. The van der Waals surface area contributed by atoms with Crippen molar-refractivity contribution >= 4 is 6.29 Å². The van der Waals surface area contributed by atoms with Gasteiger partial charge in [0.25, 0.3) is 0 Å². The number of carbonyl (C=O) groups is 1. The topological polar surface area (TPSA) is 17.1 Å². The van der Waals surface area contributed by atoms with Gasteiger partial charge in [-0.1, -0.05) is 38.2 Å². The number of allylic oxidation sites excluding steroid dienone is 3. The molecular formula is C11H16O. The summed E-state index contributed by atoms with van der Waals surface area (Å²) in [4.78, 5) is 10.4. The molecule has 0 saturated carbocycles. The second-order valence-electron chi connectivity index (χ2n) is 4.12. The molecule has 0 aromatic carbocycles. The third kappa shape index (κ3) is 1.66. The summed E-state index contributed by atoms with van der Waals surface area (Å²) in [6.45, 7) is 8.34. The number of hydrogen-bond donors (Lipinski definition) is 0. The van der Waals surface area contributed by atoms with Crippen LogP contribution in [0.15, 0.2) is 24.3 Å². The first-order chi connectivity index (χ1) is 5.58. The van der Waals surface area contributed by atoms with Gasteiger partial charge in [-0.25, -0.2) is 0 Å². The fourth-order valence-corrected chi connectivity index (χ4v) is 1.84. The second kappa shape index (κ2) is 3.26. The van der Waals surface area contributed by atoms with Crippen molar-refractivity contribution < 1.29 is 4.79 Å². The standard InChI is InChI=1S/C11H16O/c1-9-5-4-7-11(2,3)10(9)6-8-12/h4-5,8,10H,1,6-7H2,2-3H3/t10-/m1/s1. The van der Waals surface area contributed by atoms with Crippen LogP contribution in [0.25, 0.3) is 0 Å². The number of carbonyl (C=O) groups excluding carboxylic acids is 1. The summed E-state index contributed by atoms with van der Waals surface area (Å²) in [7, 11) is 0. The van der Waals surface area contributed by atoms with E-state index in [0.29, 0.717) is 12.3 Å². The molecule has 1 atom stereocenters. The van der Waals surface area contributed by atoms with Gasteiger partial charge in [0.15, 0.2) is 0 Å². The Morgan fingerprint density at radius 2 is 2.42 bits per heavy atom. The first-order valence-corrected chi connectivity index (χ1v) is 4.37. The van der Waals surface area contributed by atoms with Gasteiger partial charge >= 0.3 is 0 Å². The second-order valence-corrected chi connectivity index (χ2v) is 4.12. The number of aldehydes is 1. The number of rotatable bonds is 2. The lowest BCUT2D eigenvalue weighted by Gasteiger charge is -2.36. The minimum absolute atomic E-state index is 0.201. The minimum Gasteiger partial charge on any atom is -0.303 e. The molecule has 0 unspecified atom stereocenters. The highest BCUT2D eigenvalue weighted by Gasteiger charge is 2.31. The van der Waals surface area contributed by atoms with Crippen LogP contribution in [-0.2, 0) is 4.79 Å². The van der Waals surface area contributed by atoms with E-state index in [0.717, 1.165) is 18.3 Å². The predicted molar refractivity (Wildman–Crippen MR) is 50.8 cm³/mol. The Bertz CT molecular complexity index is 223. The molecule has 0 spiro atoms. The molecule has 0 heterocycles. The van der Waals surface area contributed by atoms with Crippen LogP contribution in [0, 0.1) is 11.3 Å². The fraction of sp³-hybridized carbons (Fsp3) is 0.545. The Hall–Kier alpha value is -0.850. The van der Waals surface area contributed by atoms with Crippen LogP contribution in [-0.4, -0.2) is 6.29 Å². The van der Waals surface area contributed by atoms with Crippen molar-refractivity contribution in [1.29, 1.82) is 0 Å². The third-order valence-corrected chi connectivity index (χ3v) is 2.70. The summed E-state index contributed by atoms with van der Waals surface area (Å²) in [6, 6.07) is 0. The minimum atomic E-state index is 0.201. The fourth-order valence-electron chi connectivity index (χ4n) is 1.84. The maximum Gasteiger partial charge on any atom is 0.120 e. The van der Waals surface area contributed by atoms with Crippen molar-refractivity contribution in [3.63, 3.8) is 0 Å². The highest BCUT2D eigenvalue weighted by Crippen LogP contribution is 2.40. The quantitative estimate of drug-likeness (QED) is 0.573. The first-order valence-electron chi connectivity index (χ1n) is 4.37. The van der Waals surface area contributed by atoms with Gasteiger partial charge in [-0.3, -0.25) is 0 Å². The van der Waals surface area contributed by atoms with E-state index in [-0.39, 0.29) is 5.41 Å². The smallest absolute Gasteiger partial charge is 0.120 e. The molecule has 0 fully saturated rings. The van der Waals surface area contributed by atoms with Crippen LogP contribution in [0.1, 0.15) is 26.7 Å². The van der Waals surface area contributed by atoms with Crippen LogP contribution >= 0.6 is 0 Å². The summed E-state index contributed by atoms with van der Waals surface area (Å²) < 4.78 is 0. The Labute approximate surface area is 74.2 Å². The van der Waals surface area contributed by atoms with Crippen molar-refractivity contribution in [3.8, 4) is 0 Å². The van der Waals surface area contributed by atoms with Gasteiger partial charge in [-0.05, 0) is 17.8 Å². The van der Waals surface area contributed by atoms with Crippen LogP contribution in [0.5, 0.6) is 0 Å². The van der Waals surface area contributed by atoms with E-state index in [4.69, 9.17) is 0 Å². The van der Waals surface area contributed by atoms with Gasteiger partial charge in [0.05, 0.1) is 0 Å². The maximum atomic E-state index is 10.4. The molecule has 0 amide bonds. The number of hydrogen-bond acceptors (Lipinski definition) is 1. The largest absolute Gasteiger partial charge is 0.303 e. The highest BCUT2D eigenvalue weighted by atomic mass is 16.1. The molecule has 0 N–H and O–H groups in total. The van der Waals surface area contributed by atoms with E-state index in [9.17, 15) is 4.79 Å². The zero-order valence-electron chi connectivity index (χ0n) is 7.84. The lowest BCUT2D eigenvalue weighted by Crippen LogP contribution is -2.27. The summed E-state index contributed by atoms with van der Waals surface area (Å²) in [5.41, 5.74) is 1.30. The van der Waals surface area contributed by atoms with Crippen molar-refractivity contribution in [3.05, 3.63) is 24.3 Å². The van der Waals surface area contributed by atoms with Crippen LogP contribution in [0.4, 0.5) is 0 Å². The van der Waals surface area contributed by atoms with Gasteiger partial charge in [-0.15, -0.1) is 0 Å². The molecule has 66 valence electrons. The van der Waals surface area contributed by atoms with Crippen LogP contribution in [0.2, 0.25) is 0 Å². The summed E-state index contributed by atoms with van der Waals surface area (Å²) >= 11 is 0. The molecule has 0 bridgehead atoms. The molecule has 1 heteroatoms. The Morgan fingerprint density at radius 3 is 2.92 bits per heavy atom. The zero-order chi connectivity index (χ0) is 9.19. The molecular weight excluding hydrogens is 148 g/mol. The Kier molecular flexibility index (Phi) is 2.51. The SMILES string of the molecule is C=C1C=CCC(C)(C)[C@@H]1CC=O. The molecule has 1 aliphatic carbocycles. The van der Waals surface area contributed by atoms with E-state index < -0.39 is 0 Å². The van der Waals surface area contributed by atoms with E-state index in [1.165, 1.54) is 0 Å². The first kappa shape index (κ1) is 9.24. The third-order valence-electron chi connectivity index (χ3n) is 2.70. The van der Waals surface area contributed by atoms with Gasteiger partial charge in [-0.2, -0.15) is 0 Å². The Balaban J connectivity index is 2.84. The molecule has 0 saturated heterocycles. The van der Waals surface area contributed by atoms with Gasteiger partial charge < -0.3 is 4.79 Å². The lowest BCUT2D eigenvalue weighted by atomic mass is 9.68. The molecule has 0 radical (unpaired) electrons. The van der Waals surface area contributed by atoms with Gasteiger partial charge in [0.1, 0.15) is 6.29 Å².